The molecule has 0 atom stereocenters. The van der Waals surface area contributed by atoms with E-state index < -0.39 is 29.0 Å². The number of nitrogens with zero attached hydrogens (tertiary/aromatic N) is 2. The third-order valence-corrected chi connectivity index (χ3v) is 2.30. The van der Waals surface area contributed by atoms with Crippen molar-refractivity contribution >= 4 is 17.4 Å². The van der Waals surface area contributed by atoms with Gasteiger partial charge in [-0.15, -0.1) is 0 Å². The van der Waals surface area contributed by atoms with E-state index in [-0.39, 0.29) is 11.5 Å². The van der Waals surface area contributed by atoms with E-state index in [0.717, 1.165) is 12.3 Å². The zero-order valence-electron chi connectivity index (χ0n) is 9.82. The van der Waals surface area contributed by atoms with Crippen LogP contribution >= 0.6 is 0 Å². The highest BCUT2D eigenvalue weighted by atomic mass is 19.2. The zero-order chi connectivity index (χ0) is 14.7. The molecule has 1 aromatic carbocycles. The summed E-state index contributed by atoms with van der Waals surface area (Å²) in [4.78, 5) is 19.2. The number of rotatable bonds is 3. The van der Waals surface area contributed by atoms with E-state index in [2.05, 4.69) is 20.7 Å². The van der Waals surface area contributed by atoms with E-state index in [4.69, 9.17) is 5.84 Å². The number of anilines is 2. The smallest absolute Gasteiger partial charge is 0.276 e. The van der Waals surface area contributed by atoms with Crippen LogP contribution in [0.3, 0.4) is 0 Å². The number of carbonyl (C=O) groups is 1. The van der Waals surface area contributed by atoms with Crippen LogP contribution in [-0.4, -0.2) is 15.9 Å². The predicted octanol–water partition coefficient (Wildman–Crippen LogP) is 1.43. The Hall–Kier alpha value is -2.68. The van der Waals surface area contributed by atoms with E-state index in [9.17, 15) is 18.0 Å². The molecule has 0 bridgehead atoms. The number of amides is 1. The number of benzene rings is 1. The first-order chi connectivity index (χ1) is 9.52. The Balaban J connectivity index is 2.25. The van der Waals surface area contributed by atoms with Crippen LogP contribution in [0.25, 0.3) is 0 Å². The first kappa shape index (κ1) is 13.7. The first-order valence-corrected chi connectivity index (χ1v) is 5.26. The lowest BCUT2D eigenvalue weighted by molar-refractivity contribution is 0.102. The van der Waals surface area contributed by atoms with Gasteiger partial charge in [0, 0.05) is 0 Å². The summed E-state index contributed by atoms with van der Waals surface area (Å²) < 4.78 is 39.1. The summed E-state index contributed by atoms with van der Waals surface area (Å²) in [6, 6.07) is 1.58. The molecule has 9 heteroatoms. The minimum atomic E-state index is -1.67. The number of hydrogen-bond donors (Lipinski definition) is 3. The van der Waals surface area contributed by atoms with Crippen LogP contribution in [-0.2, 0) is 0 Å². The Labute approximate surface area is 110 Å². The van der Waals surface area contributed by atoms with E-state index in [1.54, 1.807) is 0 Å². The molecule has 2 rings (SSSR count). The van der Waals surface area contributed by atoms with Crippen LogP contribution < -0.4 is 16.6 Å². The zero-order valence-corrected chi connectivity index (χ0v) is 9.82. The summed E-state index contributed by atoms with van der Waals surface area (Å²) in [6.45, 7) is 0. The lowest BCUT2D eigenvalue weighted by Gasteiger charge is -2.07. The standard InChI is InChI=1S/C11H8F3N5O/c12-5-1-2-6(10(14)9(5)13)18-11(20)7-3-16-4-8(17-7)19-15/h1-4H,15H2,(H,17,19)(H,18,20). The number of nitrogens with two attached hydrogens (primary N) is 1. The van der Waals surface area contributed by atoms with Crippen molar-refractivity contribution in [1.29, 1.82) is 0 Å². The molecule has 0 aliphatic carbocycles. The molecule has 4 N–H and O–H groups in total. The van der Waals surface area contributed by atoms with Gasteiger partial charge in [0.05, 0.1) is 18.1 Å². The molecule has 0 saturated heterocycles. The van der Waals surface area contributed by atoms with E-state index in [0.29, 0.717) is 6.07 Å². The van der Waals surface area contributed by atoms with Crippen LogP contribution in [0.4, 0.5) is 24.7 Å². The lowest BCUT2D eigenvalue weighted by atomic mass is 10.2. The molecule has 0 fully saturated rings. The monoisotopic (exact) mass is 283 g/mol. The van der Waals surface area contributed by atoms with E-state index >= 15 is 0 Å². The molecule has 0 saturated carbocycles. The minimum Gasteiger partial charge on any atom is -0.318 e. The highest BCUT2D eigenvalue weighted by Gasteiger charge is 2.16. The number of carbonyl (C=O) groups excluding carboxylic acids is 1. The molecule has 0 unspecified atom stereocenters. The number of nitrogen functional groups attached to an aromatic ring is 1. The third kappa shape index (κ3) is 2.67. The highest BCUT2D eigenvalue weighted by molar-refractivity contribution is 6.02. The fourth-order valence-corrected chi connectivity index (χ4v) is 1.35. The topological polar surface area (TPSA) is 92.9 Å². The number of halogens is 3. The van der Waals surface area contributed by atoms with E-state index in [1.165, 1.54) is 6.20 Å². The van der Waals surface area contributed by atoms with Crippen LogP contribution in [0.5, 0.6) is 0 Å². The number of hydrogen-bond acceptors (Lipinski definition) is 5. The quantitative estimate of drug-likeness (QED) is 0.450. The van der Waals surface area contributed by atoms with Gasteiger partial charge in [-0.25, -0.2) is 24.0 Å². The summed E-state index contributed by atoms with van der Waals surface area (Å²) in [5.74, 6) is -0.164. The second kappa shape index (κ2) is 5.53. The molecule has 1 amide bonds. The molecular formula is C11H8F3N5O. The summed E-state index contributed by atoms with van der Waals surface area (Å²) in [6.07, 6.45) is 2.36. The third-order valence-electron chi connectivity index (χ3n) is 2.30. The number of hydrazine groups is 1. The minimum absolute atomic E-state index is 0.114. The fraction of sp³-hybridized carbons (Fsp3) is 0. The van der Waals surface area contributed by atoms with Gasteiger partial charge in [-0.1, -0.05) is 0 Å². The molecule has 104 valence electrons. The summed E-state index contributed by atoms with van der Waals surface area (Å²) in [7, 11) is 0. The number of aromatic nitrogens is 2. The lowest BCUT2D eigenvalue weighted by Crippen LogP contribution is -2.17. The van der Waals surface area contributed by atoms with Gasteiger partial charge < -0.3 is 10.7 Å². The Morgan fingerprint density at radius 1 is 1.15 bits per heavy atom. The Morgan fingerprint density at radius 3 is 2.60 bits per heavy atom. The normalized spacial score (nSPS) is 10.2. The van der Waals surface area contributed by atoms with Crippen LogP contribution in [0.15, 0.2) is 24.5 Å². The van der Waals surface area contributed by atoms with Gasteiger partial charge in [0.15, 0.2) is 23.3 Å². The van der Waals surface area contributed by atoms with Crippen LogP contribution in [0.1, 0.15) is 10.5 Å². The maximum atomic E-state index is 13.4. The van der Waals surface area contributed by atoms with Gasteiger partial charge in [0.1, 0.15) is 5.69 Å². The SMILES string of the molecule is NNc1cncc(C(=O)Nc2ccc(F)c(F)c2F)n1. The van der Waals surface area contributed by atoms with Gasteiger partial charge in [-0.2, -0.15) is 0 Å². The van der Waals surface area contributed by atoms with Crippen molar-refractivity contribution in [3.63, 3.8) is 0 Å². The average molecular weight is 283 g/mol. The second-order valence-electron chi connectivity index (χ2n) is 3.61. The molecule has 0 spiro atoms. The largest absolute Gasteiger partial charge is 0.318 e. The van der Waals surface area contributed by atoms with Crippen molar-refractivity contribution in [2.24, 2.45) is 5.84 Å². The van der Waals surface area contributed by atoms with Crippen molar-refractivity contribution < 1.29 is 18.0 Å². The second-order valence-corrected chi connectivity index (χ2v) is 3.61. The van der Waals surface area contributed by atoms with Crippen molar-refractivity contribution in [3.8, 4) is 0 Å². The maximum absolute atomic E-state index is 13.4. The van der Waals surface area contributed by atoms with Crippen molar-refractivity contribution in [1.82, 2.24) is 9.97 Å². The fourth-order valence-electron chi connectivity index (χ4n) is 1.35. The molecule has 0 aliphatic rings. The summed E-state index contributed by atoms with van der Waals surface area (Å²) in [5, 5.41) is 2.05. The Bertz CT molecular complexity index is 665. The Kier molecular flexibility index (Phi) is 3.80. The van der Waals surface area contributed by atoms with E-state index in [1.807, 2.05) is 0 Å². The molecule has 1 aromatic heterocycles. The van der Waals surface area contributed by atoms with Crippen LogP contribution in [0.2, 0.25) is 0 Å². The predicted molar refractivity (Wildman–Crippen MR) is 64.1 cm³/mol. The molecule has 20 heavy (non-hydrogen) atoms. The molecule has 6 nitrogen and oxygen atoms in total. The molecule has 0 aliphatic heterocycles. The molecular weight excluding hydrogens is 275 g/mol. The maximum Gasteiger partial charge on any atom is 0.276 e. The first-order valence-electron chi connectivity index (χ1n) is 5.26. The van der Waals surface area contributed by atoms with Gasteiger partial charge in [0.25, 0.3) is 5.91 Å². The van der Waals surface area contributed by atoms with Crippen molar-refractivity contribution in [2.45, 2.75) is 0 Å². The summed E-state index contributed by atoms with van der Waals surface area (Å²) >= 11 is 0. The van der Waals surface area contributed by atoms with Crippen molar-refractivity contribution in [2.75, 3.05) is 10.7 Å². The van der Waals surface area contributed by atoms with Gasteiger partial charge in [-0.05, 0) is 12.1 Å². The summed E-state index contributed by atoms with van der Waals surface area (Å²) in [5.41, 5.74) is 1.49. The van der Waals surface area contributed by atoms with Crippen LogP contribution in [0, 0.1) is 17.5 Å². The average Bonchev–Trinajstić information content (AvgIpc) is 2.48. The molecule has 1 heterocycles. The molecule has 2 aromatic rings. The number of nitrogens with one attached hydrogen (secondary N) is 2. The van der Waals surface area contributed by atoms with Gasteiger partial charge >= 0.3 is 0 Å². The molecule has 0 radical (unpaired) electrons. The highest BCUT2D eigenvalue weighted by Crippen LogP contribution is 2.20. The Morgan fingerprint density at radius 2 is 1.90 bits per heavy atom. The van der Waals surface area contributed by atoms with Gasteiger partial charge in [0.2, 0.25) is 0 Å². The van der Waals surface area contributed by atoms with Gasteiger partial charge in [-0.3, -0.25) is 9.78 Å². The van der Waals surface area contributed by atoms with Crippen molar-refractivity contribution in [3.05, 3.63) is 47.7 Å².